The van der Waals surface area contributed by atoms with Crippen LogP contribution in [-0.2, 0) is 49.9 Å². The van der Waals surface area contributed by atoms with E-state index < -0.39 is 0 Å². The molecule has 0 aromatic carbocycles. The Balaban J connectivity index is 0.687. The number of thiophene rings is 3. The molecule has 25 nitrogen and oxygen atoms in total. The van der Waals surface area contributed by atoms with Crippen molar-refractivity contribution in [2.75, 3.05) is 62.1 Å². The van der Waals surface area contributed by atoms with E-state index in [1.54, 1.807) is 60.6 Å². The van der Waals surface area contributed by atoms with Gasteiger partial charge in [-0.15, -0.1) is 34.0 Å². The number of hydrogen-bond acceptors (Lipinski definition) is 21. The molecular weight excluding hydrogens is 1270 g/mol. The number of aryl methyl sites for hydroxylation is 6. The van der Waals surface area contributed by atoms with E-state index in [4.69, 9.17) is 64.6 Å². The Morgan fingerprint density at radius 3 is 1.50 bits per heavy atom. The topological polar surface area (TPSA) is 250 Å². The second-order valence-electron chi connectivity index (χ2n) is 25.9. The Labute approximate surface area is 567 Å². The van der Waals surface area contributed by atoms with Crippen molar-refractivity contribution in [3.05, 3.63) is 108 Å². The molecule has 2 N–H and O–H groups in total. The SMILES string of the molecule is CO[C@@H]1CCCN(c2nc(-c3nc(CC(C)n4ccc(-c5sc6nc(-c7nccn7C)nc(N7CCC[C@H](OC)C7)c6c5C)n4)cn3C)nc3sc(-c4ccn(C(C)Cc5cn(C)c(-c6nc(NCCc7ncc[nH]7)c7c(C)c(-c8ccn(C(C)C)n8)sc7n6)n5)n4)c(C)c23)C1. The number of ether oxygens (including phenoxy) is 2. The number of anilines is 3. The van der Waals surface area contributed by atoms with E-state index in [1.807, 2.05) is 62.9 Å². The highest BCUT2D eigenvalue weighted by Gasteiger charge is 2.31. The fourth-order valence-corrected chi connectivity index (χ4v) is 17.0. The van der Waals surface area contributed by atoms with Gasteiger partial charge in [0.2, 0.25) is 0 Å². The number of hydrogen-bond donors (Lipinski definition) is 2. The first-order valence-corrected chi connectivity index (χ1v) is 35.4. The van der Waals surface area contributed by atoms with E-state index in [9.17, 15) is 0 Å². The Kier molecular flexibility index (Phi) is 16.9. The van der Waals surface area contributed by atoms with Gasteiger partial charge in [0.05, 0.1) is 66.5 Å². The molecule has 2 aliphatic heterocycles. The van der Waals surface area contributed by atoms with Crippen molar-refractivity contribution in [1.29, 1.82) is 0 Å². The van der Waals surface area contributed by atoms with Gasteiger partial charge in [-0.25, -0.2) is 49.8 Å². The molecule has 2 aliphatic rings. The number of fused-ring (bicyclic) bond motifs is 3. The molecular formula is C68H79N23O2S3. The monoisotopic (exact) mass is 1350 g/mol. The third-order valence-corrected chi connectivity index (χ3v) is 22.4. The van der Waals surface area contributed by atoms with Crippen molar-refractivity contribution in [1.82, 2.24) is 97.9 Å². The number of H-pyrrole nitrogens is 1. The van der Waals surface area contributed by atoms with Gasteiger partial charge < -0.3 is 43.3 Å². The minimum absolute atomic E-state index is 0.0146. The fraction of sp³-hybridized carbons (Fsp3) is 0.426. The average Bonchev–Trinajstić information content (AvgIpc) is 1.49. The van der Waals surface area contributed by atoms with Gasteiger partial charge in [0, 0.05) is 149 Å². The summed E-state index contributed by atoms with van der Waals surface area (Å²) in [5, 5.41) is 22.1. The molecule has 0 saturated carbocycles. The zero-order chi connectivity index (χ0) is 66.2. The second-order valence-corrected chi connectivity index (χ2v) is 28.9. The largest absolute Gasteiger partial charge is 0.380 e. The van der Waals surface area contributed by atoms with Gasteiger partial charge in [0.15, 0.2) is 34.9 Å². The maximum absolute atomic E-state index is 5.99. The summed E-state index contributed by atoms with van der Waals surface area (Å²) < 4.78 is 24.0. The van der Waals surface area contributed by atoms with E-state index >= 15 is 0 Å². The number of nitrogens with one attached hydrogen (secondary N) is 2. The lowest BCUT2D eigenvalue weighted by Crippen LogP contribution is -2.39. The summed E-state index contributed by atoms with van der Waals surface area (Å²) in [6, 6.07) is 6.50. The van der Waals surface area contributed by atoms with E-state index in [0.717, 1.165) is 171 Å². The highest BCUT2D eigenvalue weighted by molar-refractivity contribution is 7.23. The van der Waals surface area contributed by atoms with Crippen molar-refractivity contribution >= 4 is 82.1 Å². The van der Waals surface area contributed by atoms with Crippen LogP contribution in [-0.4, -0.2) is 157 Å². The van der Waals surface area contributed by atoms with Gasteiger partial charge in [-0.05, 0) is 109 Å². The molecule has 2 unspecified atom stereocenters. The number of aromatic amines is 1. The molecule has 28 heteroatoms. The number of piperidine rings is 2. The lowest BCUT2D eigenvalue weighted by Gasteiger charge is -2.33. The van der Waals surface area contributed by atoms with Crippen LogP contribution >= 0.6 is 34.0 Å². The quantitative estimate of drug-likeness (QED) is 0.0678. The summed E-state index contributed by atoms with van der Waals surface area (Å²) in [4.78, 5) is 64.9. The zero-order valence-corrected chi connectivity index (χ0v) is 58.7. The van der Waals surface area contributed by atoms with Gasteiger partial charge in [-0.1, -0.05) is 0 Å². The summed E-state index contributed by atoms with van der Waals surface area (Å²) in [5.74, 6) is 7.32. The number of nitrogens with zero attached hydrogens (tertiary/aromatic N) is 21. The Morgan fingerprint density at radius 1 is 0.552 bits per heavy atom. The molecule has 13 aromatic rings. The van der Waals surface area contributed by atoms with E-state index in [2.05, 4.69) is 126 Å². The van der Waals surface area contributed by atoms with Crippen LogP contribution in [0.4, 0.5) is 17.5 Å². The van der Waals surface area contributed by atoms with Gasteiger partial charge >= 0.3 is 0 Å². The molecule has 496 valence electrons. The predicted molar refractivity (Wildman–Crippen MR) is 379 cm³/mol. The predicted octanol–water partition coefficient (Wildman–Crippen LogP) is 12.2. The minimum atomic E-state index is -0.0277. The van der Waals surface area contributed by atoms with Crippen molar-refractivity contribution in [3.8, 4) is 66.7 Å². The smallest absolute Gasteiger partial charge is 0.199 e. The zero-order valence-electron chi connectivity index (χ0n) is 56.2. The first kappa shape index (κ1) is 63.0. The summed E-state index contributed by atoms with van der Waals surface area (Å²) in [6.45, 7) is 19.0. The molecule has 2 fully saturated rings. The maximum atomic E-state index is 5.99. The summed E-state index contributed by atoms with van der Waals surface area (Å²) in [5.41, 5.74) is 7.83. The lowest BCUT2D eigenvalue weighted by atomic mass is 10.1. The van der Waals surface area contributed by atoms with Crippen LogP contribution in [0.3, 0.4) is 0 Å². The van der Waals surface area contributed by atoms with Crippen LogP contribution in [0, 0.1) is 20.8 Å². The van der Waals surface area contributed by atoms with Gasteiger partial charge in [-0.2, -0.15) is 15.3 Å². The Hall–Kier alpha value is -9.09. The van der Waals surface area contributed by atoms with Crippen molar-refractivity contribution in [3.63, 3.8) is 0 Å². The minimum Gasteiger partial charge on any atom is -0.380 e. The van der Waals surface area contributed by atoms with Crippen molar-refractivity contribution in [2.45, 2.75) is 124 Å². The Bertz CT molecular complexity index is 4970. The molecule has 0 spiro atoms. The van der Waals surface area contributed by atoms with E-state index in [0.29, 0.717) is 54.9 Å². The number of rotatable bonds is 21. The van der Waals surface area contributed by atoms with Crippen LogP contribution in [0.25, 0.3) is 97.3 Å². The highest BCUT2D eigenvalue weighted by Crippen LogP contribution is 2.45. The van der Waals surface area contributed by atoms with E-state index in [1.165, 1.54) is 0 Å². The number of methoxy groups -OCH3 is 2. The van der Waals surface area contributed by atoms with Crippen molar-refractivity contribution in [2.24, 2.45) is 21.1 Å². The summed E-state index contributed by atoms with van der Waals surface area (Å²) in [7, 11) is 9.61. The number of aromatic nitrogens is 20. The molecule has 0 aliphatic carbocycles. The molecule has 0 radical (unpaired) electrons. The molecule has 13 aromatic heterocycles. The third-order valence-electron chi connectivity index (χ3n) is 18.8. The molecule has 2 saturated heterocycles. The van der Waals surface area contributed by atoms with Crippen LogP contribution in [0.5, 0.6) is 0 Å². The molecule has 15 heterocycles. The van der Waals surface area contributed by atoms with Crippen LogP contribution in [0.2, 0.25) is 0 Å². The van der Waals surface area contributed by atoms with Gasteiger partial charge in [-0.3, -0.25) is 14.0 Å². The van der Waals surface area contributed by atoms with E-state index in [-0.39, 0.29) is 30.3 Å². The standard InChI is InChI=1S/C68H79N23O2S3/c1-37(2)89-27-18-47(81-89)54-40(5)51-57(71-21-17-50-69-22-23-70-50)75-59(79-66(51)94-54)64-73-43(33-85(64)9)31-38(3)90-29-20-49(83-90)56-42(7)53-62(88-26-14-16-46(36-88)93-12)77-60(80-68(53)96-56)65-74-44(34-86(65)10)32-39(4)91-28-19-48(82-91)55-41(6)52-61(87-25-13-15-45(35-87)92-11)76-58(78-67(52)95-55)63-72-24-30-84(63)8/h18-20,22-24,27-30,33-34,37-39,45-46H,13-17,21,25-26,31-32,35-36H2,1-12H3,(H,69,70)(H,71,75,79)/t38?,39?,45-,46+/m0/s1. The van der Waals surface area contributed by atoms with Crippen molar-refractivity contribution < 1.29 is 9.47 Å². The number of imidazole rings is 4. The van der Waals surface area contributed by atoms with Crippen LogP contribution in [0.1, 0.15) is 105 Å². The van der Waals surface area contributed by atoms with Crippen LogP contribution < -0.4 is 15.1 Å². The van der Waals surface area contributed by atoms with Gasteiger partial charge in [0.25, 0.3) is 0 Å². The lowest BCUT2D eigenvalue weighted by molar-refractivity contribution is 0.0891. The second kappa shape index (κ2) is 25.8. The Morgan fingerprint density at radius 2 is 1.03 bits per heavy atom. The molecule has 0 amide bonds. The average molecular weight is 1350 g/mol. The molecule has 4 atom stereocenters. The fourth-order valence-electron chi connectivity index (χ4n) is 13.6. The summed E-state index contributed by atoms with van der Waals surface area (Å²) in [6.07, 6.45) is 23.9. The normalized spacial score (nSPS) is 16.2. The van der Waals surface area contributed by atoms with Crippen LogP contribution in [0.15, 0.2) is 74.0 Å². The first-order valence-electron chi connectivity index (χ1n) is 32.9. The highest BCUT2D eigenvalue weighted by atomic mass is 32.1. The van der Waals surface area contributed by atoms with Gasteiger partial charge in [0.1, 0.15) is 54.9 Å². The third kappa shape index (κ3) is 11.8. The molecule has 0 bridgehead atoms. The summed E-state index contributed by atoms with van der Waals surface area (Å²) >= 11 is 4.94. The molecule has 15 rings (SSSR count). The first-order chi connectivity index (χ1) is 46.5. The maximum Gasteiger partial charge on any atom is 0.199 e. The molecule has 96 heavy (non-hydrogen) atoms.